The number of hydrogen-bond acceptors (Lipinski definition) is 5. The molecule has 0 radical (unpaired) electrons. The summed E-state index contributed by atoms with van der Waals surface area (Å²) in [5, 5.41) is 15.8. The highest BCUT2D eigenvalue weighted by Crippen LogP contribution is 2.14. The molecule has 0 saturated carbocycles. The topological polar surface area (TPSA) is 123 Å². The van der Waals surface area contributed by atoms with Crippen LogP contribution in [0.4, 0.5) is 11.4 Å². The van der Waals surface area contributed by atoms with Crippen molar-refractivity contribution >= 4 is 23.2 Å². The van der Waals surface area contributed by atoms with Crippen LogP contribution in [0.2, 0.25) is 0 Å². The number of nitrogens with zero attached hydrogens (tertiary/aromatic N) is 2. The van der Waals surface area contributed by atoms with E-state index in [1.165, 1.54) is 0 Å². The first-order valence-electron chi connectivity index (χ1n) is 7.90. The second-order valence-electron chi connectivity index (χ2n) is 5.45. The van der Waals surface area contributed by atoms with Gasteiger partial charge in [-0.05, 0) is 18.1 Å². The normalized spacial score (nSPS) is 10.2. The van der Waals surface area contributed by atoms with Crippen LogP contribution in [0.3, 0.4) is 0 Å². The summed E-state index contributed by atoms with van der Waals surface area (Å²) < 4.78 is 0.914. The Morgan fingerprint density at radius 3 is 2.58 bits per heavy atom. The Labute approximate surface area is 148 Å². The van der Waals surface area contributed by atoms with Gasteiger partial charge in [-0.15, -0.1) is 0 Å². The second-order valence-corrected chi connectivity index (χ2v) is 5.45. The van der Waals surface area contributed by atoms with Crippen molar-refractivity contribution < 1.29 is 14.5 Å². The van der Waals surface area contributed by atoms with Gasteiger partial charge in [0.15, 0.2) is 0 Å². The lowest BCUT2D eigenvalue weighted by Crippen LogP contribution is -2.37. The fraction of sp³-hybridized carbons (Fsp3) is 0.235. The first-order valence-corrected chi connectivity index (χ1v) is 7.90. The lowest BCUT2D eigenvalue weighted by Gasteiger charge is -2.10. The average Bonchev–Trinajstić information content (AvgIpc) is 2.62. The molecular weight excluding hydrogens is 340 g/mol. The number of rotatable bonds is 7. The van der Waals surface area contributed by atoms with E-state index in [0.29, 0.717) is 5.69 Å². The molecule has 0 fully saturated rings. The molecule has 9 nitrogen and oxygen atoms in total. The molecule has 9 heteroatoms. The minimum absolute atomic E-state index is 0.277. The Kier molecular flexibility index (Phi) is 6.20. The zero-order valence-corrected chi connectivity index (χ0v) is 14.1. The highest BCUT2D eigenvalue weighted by molar-refractivity contribution is 5.95. The summed E-state index contributed by atoms with van der Waals surface area (Å²) in [5.41, 5.74) is 0.790. The fourth-order valence-corrected chi connectivity index (χ4v) is 2.28. The number of para-hydroxylation sites is 1. The highest BCUT2D eigenvalue weighted by Gasteiger charge is 2.12. The predicted molar refractivity (Wildman–Crippen MR) is 94.8 cm³/mol. The molecule has 1 aromatic heterocycles. The van der Waals surface area contributed by atoms with Crippen LogP contribution in [0.25, 0.3) is 0 Å². The van der Waals surface area contributed by atoms with Gasteiger partial charge in [-0.2, -0.15) is 0 Å². The second kappa shape index (κ2) is 8.56. The van der Waals surface area contributed by atoms with Crippen LogP contribution < -0.4 is 16.2 Å². The van der Waals surface area contributed by atoms with E-state index in [1.54, 1.807) is 12.1 Å². The third-order valence-corrected chi connectivity index (χ3v) is 3.61. The van der Waals surface area contributed by atoms with E-state index in [2.05, 4.69) is 10.6 Å². The van der Waals surface area contributed by atoms with Crippen LogP contribution in [0.5, 0.6) is 0 Å². The largest absolute Gasteiger partial charge is 0.345 e. The van der Waals surface area contributed by atoms with Gasteiger partial charge >= 0.3 is 0 Å². The molecule has 0 saturated heterocycles. The van der Waals surface area contributed by atoms with Gasteiger partial charge in [0, 0.05) is 17.8 Å². The molecule has 0 bridgehead atoms. The van der Waals surface area contributed by atoms with Crippen LogP contribution in [0, 0.1) is 10.1 Å². The number of hydrogen-bond donors (Lipinski definition) is 2. The Bertz CT molecular complexity index is 891. The first-order chi connectivity index (χ1) is 12.4. The van der Waals surface area contributed by atoms with E-state index in [1.807, 2.05) is 19.1 Å². The van der Waals surface area contributed by atoms with Gasteiger partial charge in [-0.25, -0.2) is 0 Å². The molecule has 2 amide bonds. The van der Waals surface area contributed by atoms with E-state index in [4.69, 9.17) is 0 Å². The lowest BCUT2D eigenvalue weighted by atomic mass is 10.1. The van der Waals surface area contributed by atoms with Crippen LogP contribution in [-0.2, 0) is 22.6 Å². The van der Waals surface area contributed by atoms with Crippen LogP contribution in [0.1, 0.15) is 12.5 Å². The fourth-order valence-electron chi connectivity index (χ4n) is 2.28. The highest BCUT2D eigenvalue weighted by atomic mass is 16.6. The Morgan fingerprint density at radius 1 is 1.15 bits per heavy atom. The zero-order chi connectivity index (χ0) is 19.1. The van der Waals surface area contributed by atoms with Gasteiger partial charge < -0.3 is 10.6 Å². The number of carbonyl (C=O) groups excluding carboxylic acids is 2. The quantitative estimate of drug-likeness (QED) is 0.566. The molecule has 0 aliphatic carbocycles. The van der Waals surface area contributed by atoms with Gasteiger partial charge in [0.05, 0.1) is 17.7 Å². The Hall–Kier alpha value is -3.49. The van der Waals surface area contributed by atoms with Crippen molar-refractivity contribution in [2.45, 2.75) is 19.9 Å². The molecule has 2 rings (SSSR count). The van der Waals surface area contributed by atoms with Gasteiger partial charge in [0.2, 0.25) is 11.8 Å². The summed E-state index contributed by atoms with van der Waals surface area (Å²) in [6, 6.07) is 9.40. The molecular formula is C17H18N4O5. The van der Waals surface area contributed by atoms with Crippen LogP contribution >= 0.6 is 0 Å². The minimum atomic E-state index is -0.660. The summed E-state index contributed by atoms with van der Waals surface area (Å²) in [5.74, 6) is -1.02. The molecule has 0 aliphatic heterocycles. The van der Waals surface area contributed by atoms with E-state index in [-0.39, 0.29) is 12.2 Å². The number of pyridine rings is 1. The summed E-state index contributed by atoms with van der Waals surface area (Å²) in [4.78, 5) is 45.6. The number of amides is 2. The number of anilines is 1. The maximum absolute atomic E-state index is 12.0. The van der Waals surface area contributed by atoms with Gasteiger partial charge in [0.25, 0.3) is 11.2 Å². The molecule has 0 aliphatic rings. The molecule has 2 aromatic rings. The standard InChI is InChI=1S/C17H18N4O5/c1-2-12-5-3-4-6-14(12)19-15(22)9-18-16(23)11-20-10-13(21(25)26)7-8-17(20)24/h3-8,10H,2,9,11H2,1H3,(H,18,23)(H,19,22). The van der Waals surface area contributed by atoms with E-state index in [0.717, 1.165) is 34.9 Å². The van der Waals surface area contributed by atoms with E-state index in [9.17, 15) is 24.5 Å². The monoisotopic (exact) mass is 358 g/mol. The number of carbonyl (C=O) groups is 2. The van der Waals surface area contributed by atoms with Crippen molar-refractivity contribution in [3.05, 3.63) is 68.6 Å². The minimum Gasteiger partial charge on any atom is -0.345 e. The SMILES string of the molecule is CCc1ccccc1NC(=O)CNC(=O)Cn1cc([N+](=O)[O-])ccc1=O. The van der Waals surface area contributed by atoms with Crippen molar-refractivity contribution in [3.63, 3.8) is 0 Å². The average molecular weight is 358 g/mol. The van der Waals surface area contributed by atoms with Crippen molar-refractivity contribution in [3.8, 4) is 0 Å². The molecule has 136 valence electrons. The Morgan fingerprint density at radius 2 is 1.88 bits per heavy atom. The van der Waals surface area contributed by atoms with Gasteiger partial charge in [-0.1, -0.05) is 25.1 Å². The maximum atomic E-state index is 12.0. The molecule has 0 spiro atoms. The zero-order valence-electron chi connectivity index (χ0n) is 14.1. The van der Waals surface area contributed by atoms with Crippen LogP contribution in [0.15, 0.2) is 47.4 Å². The lowest BCUT2D eigenvalue weighted by molar-refractivity contribution is -0.385. The smallest absolute Gasteiger partial charge is 0.285 e. The van der Waals surface area contributed by atoms with Crippen molar-refractivity contribution in [2.24, 2.45) is 0 Å². The molecule has 1 heterocycles. The molecule has 26 heavy (non-hydrogen) atoms. The van der Waals surface area contributed by atoms with E-state index < -0.39 is 28.8 Å². The first kappa shape index (κ1) is 18.8. The molecule has 1 aromatic carbocycles. The third-order valence-electron chi connectivity index (χ3n) is 3.61. The number of benzene rings is 1. The number of nitro groups is 1. The summed E-state index contributed by atoms with van der Waals surface area (Å²) in [6.45, 7) is 1.27. The number of aromatic nitrogens is 1. The Balaban J connectivity index is 1.92. The summed E-state index contributed by atoms with van der Waals surface area (Å²) >= 11 is 0. The van der Waals surface area contributed by atoms with Crippen molar-refractivity contribution in [2.75, 3.05) is 11.9 Å². The van der Waals surface area contributed by atoms with Gasteiger partial charge in [0.1, 0.15) is 6.54 Å². The van der Waals surface area contributed by atoms with Crippen molar-refractivity contribution in [1.82, 2.24) is 9.88 Å². The molecule has 0 unspecified atom stereocenters. The van der Waals surface area contributed by atoms with Crippen LogP contribution in [-0.4, -0.2) is 27.8 Å². The number of nitrogens with one attached hydrogen (secondary N) is 2. The summed E-state index contributed by atoms with van der Waals surface area (Å²) in [6.07, 6.45) is 1.73. The third kappa shape index (κ3) is 5.00. The van der Waals surface area contributed by atoms with Gasteiger partial charge in [-0.3, -0.25) is 29.1 Å². The summed E-state index contributed by atoms with van der Waals surface area (Å²) in [7, 11) is 0. The van der Waals surface area contributed by atoms with Crippen molar-refractivity contribution in [1.29, 1.82) is 0 Å². The molecule has 2 N–H and O–H groups in total. The van der Waals surface area contributed by atoms with E-state index >= 15 is 0 Å². The maximum Gasteiger partial charge on any atom is 0.285 e. The number of aryl methyl sites for hydroxylation is 1. The molecule has 0 atom stereocenters. The predicted octanol–water partition coefficient (Wildman–Crippen LogP) is 1.07.